The first-order chi connectivity index (χ1) is 14.8. The standard InChI is InChI=1S/C21H20F3N3O3S/c1-3-30-16-8-7-14(10-17(16)29-2)12-25-27-20-26-19(28)18(31-20)11-13-5-4-6-15(9-13)21(22,23)24/h4-10,12,18H,3,11H2,1-2H3,(H,26,27,28)/b25-12+. The van der Waals surface area contributed by atoms with Gasteiger partial charge in [0.2, 0.25) is 5.91 Å². The molecule has 2 aromatic carbocycles. The van der Waals surface area contributed by atoms with Gasteiger partial charge in [-0.05, 0) is 48.7 Å². The minimum Gasteiger partial charge on any atom is -0.493 e. The van der Waals surface area contributed by atoms with Gasteiger partial charge in [-0.15, -0.1) is 5.10 Å². The average molecular weight is 451 g/mol. The molecule has 1 amide bonds. The molecule has 1 atom stereocenters. The summed E-state index contributed by atoms with van der Waals surface area (Å²) < 4.78 is 49.4. The number of carbonyl (C=O) groups is 1. The zero-order valence-electron chi connectivity index (χ0n) is 16.8. The highest BCUT2D eigenvalue weighted by Gasteiger charge is 2.33. The molecule has 164 valence electrons. The van der Waals surface area contributed by atoms with Gasteiger partial charge in [0.15, 0.2) is 16.7 Å². The van der Waals surface area contributed by atoms with Crippen molar-refractivity contribution in [2.24, 2.45) is 10.2 Å². The first-order valence-corrected chi connectivity index (χ1v) is 10.2. The number of amidine groups is 1. The quantitative estimate of drug-likeness (QED) is 0.504. The first-order valence-electron chi connectivity index (χ1n) is 9.35. The lowest BCUT2D eigenvalue weighted by atomic mass is 10.1. The van der Waals surface area contributed by atoms with E-state index in [1.54, 1.807) is 24.3 Å². The number of ether oxygens (including phenoxy) is 2. The van der Waals surface area contributed by atoms with Crippen LogP contribution in [0, 0.1) is 0 Å². The van der Waals surface area contributed by atoms with Gasteiger partial charge in [-0.3, -0.25) is 4.79 Å². The Hall–Kier alpha value is -3.01. The molecule has 1 fully saturated rings. The smallest absolute Gasteiger partial charge is 0.416 e. The number of benzene rings is 2. The van der Waals surface area contributed by atoms with E-state index in [9.17, 15) is 18.0 Å². The Morgan fingerprint density at radius 2 is 2.00 bits per heavy atom. The number of nitrogens with one attached hydrogen (secondary N) is 1. The van der Waals surface area contributed by atoms with E-state index in [1.807, 2.05) is 6.92 Å². The minimum atomic E-state index is -4.42. The summed E-state index contributed by atoms with van der Waals surface area (Å²) in [5.41, 5.74) is 0.408. The van der Waals surface area contributed by atoms with Gasteiger partial charge in [-0.25, -0.2) is 0 Å². The van der Waals surface area contributed by atoms with Gasteiger partial charge in [0, 0.05) is 0 Å². The van der Waals surface area contributed by atoms with Gasteiger partial charge >= 0.3 is 6.18 Å². The van der Waals surface area contributed by atoms with E-state index in [-0.39, 0.29) is 17.5 Å². The SMILES string of the molecule is CCOc1ccc(/C=N/N=C2\NC(=O)C(Cc3cccc(C(F)(F)F)c3)S2)cc1OC. The van der Waals surface area contributed by atoms with Crippen LogP contribution in [0.15, 0.2) is 52.7 Å². The molecule has 1 aliphatic rings. The van der Waals surface area contributed by atoms with Crippen molar-refractivity contribution in [3.05, 3.63) is 59.2 Å². The van der Waals surface area contributed by atoms with Gasteiger partial charge in [0.1, 0.15) is 0 Å². The highest BCUT2D eigenvalue weighted by Crippen LogP contribution is 2.31. The molecule has 0 saturated carbocycles. The lowest BCUT2D eigenvalue weighted by molar-refractivity contribution is -0.137. The molecule has 3 rings (SSSR count). The Labute approximate surface area is 181 Å². The Morgan fingerprint density at radius 1 is 1.19 bits per heavy atom. The van der Waals surface area contributed by atoms with Crippen molar-refractivity contribution in [3.63, 3.8) is 0 Å². The molecular formula is C21H20F3N3O3S. The summed E-state index contributed by atoms with van der Waals surface area (Å²) in [6.07, 6.45) is -2.77. The maximum absolute atomic E-state index is 12.9. The maximum Gasteiger partial charge on any atom is 0.416 e. The van der Waals surface area contributed by atoms with Crippen molar-refractivity contribution in [2.45, 2.75) is 24.8 Å². The first kappa shape index (κ1) is 22.7. The fraction of sp³-hybridized carbons (Fsp3) is 0.286. The van der Waals surface area contributed by atoms with Crippen molar-refractivity contribution in [2.75, 3.05) is 13.7 Å². The number of hydrogen-bond acceptors (Lipinski definition) is 6. The van der Waals surface area contributed by atoms with E-state index in [1.165, 1.54) is 19.4 Å². The summed E-state index contributed by atoms with van der Waals surface area (Å²) in [5.74, 6) is 0.853. The third-order valence-electron chi connectivity index (χ3n) is 4.29. The molecule has 1 N–H and O–H groups in total. The van der Waals surface area contributed by atoms with Gasteiger partial charge in [0.05, 0.1) is 30.7 Å². The minimum absolute atomic E-state index is 0.152. The summed E-state index contributed by atoms with van der Waals surface area (Å²) in [4.78, 5) is 12.2. The van der Waals surface area contributed by atoms with Gasteiger partial charge in [0.25, 0.3) is 0 Å². The molecule has 0 aromatic heterocycles. The third-order valence-corrected chi connectivity index (χ3v) is 5.37. The Bertz CT molecular complexity index is 1010. The van der Waals surface area contributed by atoms with Crippen LogP contribution in [-0.4, -0.2) is 36.3 Å². The summed E-state index contributed by atoms with van der Waals surface area (Å²) in [7, 11) is 1.54. The van der Waals surface area contributed by atoms with Crippen molar-refractivity contribution in [1.29, 1.82) is 0 Å². The van der Waals surface area contributed by atoms with Crippen molar-refractivity contribution in [3.8, 4) is 11.5 Å². The molecule has 1 aliphatic heterocycles. The molecular weight excluding hydrogens is 431 g/mol. The molecule has 0 aliphatic carbocycles. The van der Waals surface area contributed by atoms with Crippen LogP contribution in [0.2, 0.25) is 0 Å². The van der Waals surface area contributed by atoms with Gasteiger partial charge in [-0.1, -0.05) is 30.0 Å². The molecule has 0 spiro atoms. The van der Waals surface area contributed by atoms with E-state index >= 15 is 0 Å². The van der Waals surface area contributed by atoms with Gasteiger partial charge in [-0.2, -0.15) is 18.3 Å². The maximum atomic E-state index is 12.9. The fourth-order valence-electron chi connectivity index (χ4n) is 2.86. The number of methoxy groups -OCH3 is 1. The molecule has 1 heterocycles. The van der Waals surface area contributed by atoms with E-state index < -0.39 is 17.0 Å². The third kappa shape index (κ3) is 6.00. The van der Waals surface area contributed by atoms with Crippen LogP contribution in [-0.2, 0) is 17.4 Å². The molecule has 10 heteroatoms. The number of carbonyl (C=O) groups excluding carboxylic acids is 1. The van der Waals surface area contributed by atoms with Crippen molar-refractivity contribution in [1.82, 2.24) is 5.32 Å². The normalized spacial score (nSPS) is 17.9. The van der Waals surface area contributed by atoms with Crippen molar-refractivity contribution >= 4 is 29.1 Å². The van der Waals surface area contributed by atoms with E-state index in [0.717, 1.165) is 29.5 Å². The number of hydrogen-bond donors (Lipinski definition) is 1. The predicted molar refractivity (Wildman–Crippen MR) is 114 cm³/mol. The lowest BCUT2D eigenvalue weighted by Crippen LogP contribution is -2.26. The fourth-order valence-corrected chi connectivity index (χ4v) is 3.83. The summed E-state index contributed by atoms with van der Waals surface area (Å²) >= 11 is 1.13. The topological polar surface area (TPSA) is 72.3 Å². The van der Waals surface area contributed by atoms with E-state index in [2.05, 4.69) is 15.5 Å². The summed E-state index contributed by atoms with van der Waals surface area (Å²) in [5, 5.41) is 10.3. The van der Waals surface area contributed by atoms with Crippen LogP contribution in [0.3, 0.4) is 0 Å². The van der Waals surface area contributed by atoms with Crippen LogP contribution in [0.5, 0.6) is 11.5 Å². The number of thioether (sulfide) groups is 1. The molecule has 2 aromatic rings. The number of amides is 1. The summed E-state index contributed by atoms with van der Waals surface area (Å²) in [6.45, 7) is 2.38. The van der Waals surface area contributed by atoms with Crippen LogP contribution in [0.1, 0.15) is 23.6 Å². The second-order valence-electron chi connectivity index (χ2n) is 6.49. The summed E-state index contributed by atoms with van der Waals surface area (Å²) in [6, 6.07) is 10.2. The van der Waals surface area contributed by atoms with E-state index in [4.69, 9.17) is 9.47 Å². The predicted octanol–water partition coefficient (Wildman–Crippen LogP) is 4.28. The number of nitrogens with zero attached hydrogens (tertiary/aromatic N) is 2. The molecule has 31 heavy (non-hydrogen) atoms. The average Bonchev–Trinajstić information content (AvgIpc) is 3.07. The second-order valence-corrected chi connectivity index (χ2v) is 7.68. The Morgan fingerprint density at radius 3 is 2.71 bits per heavy atom. The highest BCUT2D eigenvalue weighted by molar-refractivity contribution is 8.15. The van der Waals surface area contributed by atoms with Crippen molar-refractivity contribution < 1.29 is 27.4 Å². The number of halogens is 3. The lowest BCUT2D eigenvalue weighted by Gasteiger charge is -2.10. The zero-order chi connectivity index (χ0) is 22.4. The molecule has 1 unspecified atom stereocenters. The van der Waals surface area contributed by atoms with Crippen LogP contribution < -0.4 is 14.8 Å². The van der Waals surface area contributed by atoms with Gasteiger partial charge < -0.3 is 14.8 Å². The second kappa shape index (κ2) is 9.86. The zero-order valence-corrected chi connectivity index (χ0v) is 17.6. The number of rotatable bonds is 7. The van der Waals surface area contributed by atoms with Crippen LogP contribution in [0.25, 0.3) is 0 Å². The molecule has 0 bridgehead atoms. The Balaban J connectivity index is 1.65. The molecule has 1 saturated heterocycles. The monoisotopic (exact) mass is 451 g/mol. The highest BCUT2D eigenvalue weighted by atomic mass is 32.2. The molecule has 6 nitrogen and oxygen atoms in total. The van der Waals surface area contributed by atoms with Crippen LogP contribution >= 0.6 is 11.8 Å². The van der Waals surface area contributed by atoms with Crippen LogP contribution in [0.4, 0.5) is 13.2 Å². The van der Waals surface area contributed by atoms with E-state index in [0.29, 0.717) is 23.7 Å². The molecule has 0 radical (unpaired) electrons. The number of alkyl halides is 3. The largest absolute Gasteiger partial charge is 0.493 e. The Kier molecular flexibility index (Phi) is 7.21.